The summed E-state index contributed by atoms with van der Waals surface area (Å²) in [4.78, 5) is 23.2. The third-order valence-corrected chi connectivity index (χ3v) is 4.72. The lowest BCUT2D eigenvalue weighted by Gasteiger charge is -2.07. The minimum atomic E-state index is -0.589. The second-order valence-electron chi connectivity index (χ2n) is 6.82. The summed E-state index contributed by atoms with van der Waals surface area (Å²) in [6.45, 7) is 2.21. The third kappa shape index (κ3) is 14.5. The van der Waals surface area contributed by atoms with Crippen molar-refractivity contribution in [3.05, 3.63) is 40.4 Å². The second-order valence-corrected chi connectivity index (χ2v) is 7.66. The number of ether oxygens (including phenoxy) is 3. The average Bonchev–Trinajstić information content (AvgIpc) is 2.74. The Hall–Kier alpha value is -2.16. The van der Waals surface area contributed by atoms with Crippen molar-refractivity contribution in [3.63, 3.8) is 0 Å². The number of hydrogen-bond acceptors (Lipinski definition) is 5. The van der Waals surface area contributed by atoms with E-state index in [1.807, 2.05) is 0 Å². The van der Waals surface area contributed by atoms with E-state index in [9.17, 15) is 9.59 Å². The van der Waals surface area contributed by atoms with Crippen molar-refractivity contribution in [3.8, 4) is 17.6 Å². The van der Waals surface area contributed by atoms with E-state index in [0.717, 1.165) is 12.8 Å². The first kappa shape index (κ1) is 26.9. The van der Waals surface area contributed by atoms with Crippen LogP contribution >= 0.6 is 23.2 Å². The SMILES string of the molecule is CCCCCCCCCCOC(=O)C=CC#CCOC(=O)COc1ccc(Cl)cc1Cl. The lowest BCUT2D eigenvalue weighted by Crippen LogP contribution is -2.15. The van der Waals surface area contributed by atoms with Crippen molar-refractivity contribution in [1.29, 1.82) is 0 Å². The predicted octanol–water partition coefficient (Wildman–Crippen LogP) is 6.16. The molecule has 0 fully saturated rings. The van der Waals surface area contributed by atoms with Crippen molar-refractivity contribution < 1.29 is 23.8 Å². The van der Waals surface area contributed by atoms with Crippen LogP contribution in [0.5, 0.6) is 5.75 Å². The van der Waals surface area contributed by atoms with E-state index in [1.54, 1.807) is 12.1 Å². The molecule has 0 aliphatic rings. The van der Waals surface area contributed by atoms with Gasteiger partial charge in [-0.15, -0.1) is 0 Å². The standard InChI is InChI=1S/C24H30Cl2O5/c1-2-3-4-5-6-7-8-11-16-29-23(27)13-10-9-12-17-30-24(28)19-31-22-15-14-20(25)18-21(22)26/h10,13-15,18H,2-8,11,16-17,19H2,1H3. The first-order valence-electron chi connectivity index (χ1n) is 10.6. The first-order chi connectivity index (χ1) is 15.0. The number of halogens is 2. The van der Waals surface area contributed by atoms with Gasteiger partial charge in [-0.1, -0.05) is 86.9 Å². The maximum atomic E-state index is 11.6. The Bertz CT molecular complexity index is 765. The molecule has 0 radical (unpaired) electrons. The second kappa shape index (κ2) is 17.5. The van der Waals surface area contributed by atoms with Crippen LogP contribution in [0.25, 0.3) is 0 Å². The highest BCUT2D eigenvalue weighted by molar-refractivity contribution is 6.35. The van der Waals surface area contributed by atoms with Gasteiger partial charge >= 0.3 is 11.9 Å². The number of esters is 2. The molecule has 31 heavy (non-hydrogen) atoms. The molecule has 0 heterocycles. The Balaban J connectivity index is 2.06. The summed E-state index contributed by atoms with van der Waals surface area (Å²) in [6.07, 6.45) is 12.2. The Morgan fingerprint density at radius 1 is 1.00 bits per heavy atom. The minimum Gasteiger partial charge on any atom is -0.480 e. The minimum absolute atomic E-state index is 0.117. The van der Waals surface area contributed by atoms with Crippen LogP contribution in [0, 0.1) is 11.8 Å². The van der Waals surface area contributed by atoms with Gasteiger partial charge in [0, 0.05) is 11.1 Å². The van der Waals surface area contributed by atoms with Crippen LogP contribution < -0.4 is 4.74 Å². The van der Waals surface area contributed by atoms with Crippen LogP contribution in [0.2, 0.25) is 10.0 Å². The van der Waals surface area contributed by atoms with E-state index in [0.29, 0.717) is 22.4 Å². The predicted molar refractivity (Wildman–Crippen MR) is 123 cm³/mol. The lowest BCUT2D eigenvalue weighted by atomic mass is 10.1. The van der Waals surface area contributed by atoms with E-state index in [2.05, 4.69) is 18.8 Å². The largest absolute Gasteiger partial charge is 0.480 e. The van der Waals surface area contributed by atoms with Crippen molar-refractivity contribution in [2.24, 2.45) is 0 Å². The molecular formula is C24H30Cl2O5. The summed E-state index contributed by atoms with van der Waals surface area (Å²) < 4.78 is 15.3. The molecule has 1 aromatic carbocycles. The molecule has 0 bridgehead atoms. The van der Waals surface area contributed by atoms with E-state index in [4.69, 9.17) is 37.4 Å². The molecule has 0 saturated carbocycles. The number of hydrogen-bond donors (Lipinski definition) is 0. The smallest absolute Gasteiger partial charge is 0.345 e. The molecule has 1 aromatic rings. The third-order valence-electron chi connectivity index (χ3n) is 4.19. The molecule has 0 saturated heterocycles. The Kier molecular flexibility index (Phi) is 15.2. The molecule has 0 aliphatic heterocycles. The van der Waals surface area contributed by atoms with Gasteiger partial charge in [0.25, 0.3) is 0 Å². The van der Waals surface area contributed by atoms with Gasteiger partial charge in [0.15, 0.2) is 13.2 Å². The lowest BCUT2D eigenvalue weighted by molar-refractivity contribution is -0.144. The van der Waals surface area contributed by atoms with Crippen molar-refractivity contribution >= 4 is 35.1 Å². The van der Waals surface area contributed by atoms with Crippen LogP contribution in [-0.2, 0) is 19.1 Å². The molecule has 7 heteroatoms. The number of unbranched alkanes of at least 4 members (excludes halogenated alkanes) is 7. The highest BCUT2D eigenvalue weighted by Gasteiger charge is 2.07. The topological polar surface area (TPSA) is 61.8 Å². The van der Waals surface area contributed by atoms with Gasteiger partial charge < -0.3 is 14.2 Å². The zero-order valence-electron chi connectivity index (χ0n) is 18.0. The van der Waals surface area contributed by atoms with Crippen LogP contribution in [0.15, 0.2) is 30.4 Å². The normalized spacial score (nSPS) is 10.4. The highest BCUT2D eigenvalue weighted by atomic mass is 35.5. The van der Waals surface area contributed by atoms with Gasteiger partial charge in [0.2, 0.25) is 0 Å². The van der Waals surface area contributed by atoms with Gasteiger partial charge in [0.05, 0.1) is 11.6 Å². The fourth-order valence-corrected chi connectivity index (χ4v) is 3.02. The monoisotopic (exact) mass is 468 g/mol. The van der Waals surface area contributed by atoms with Gasteiger partial charge in [-0.25, -0.2) is 9.59 Å². The molecule has 0 atom stereocenters. The van der Waals surface area contributed by atoms with Crippen LogP contribution in [-0.4, -0.2) is 31.8 Å². The molecule has 0 spiro atoms. The van der Waals surface area contributed by atoms with Crippen LogP contribution in [0.1, 0.15) is 58.3 Å². The van der Waals surface area contributed by atoms with Crippen molar-refractivity contribution in [1.82, 2.24) is 0 Å². The maximum Gasteiger partial charge on any atom is 0.345 e. The fraction of sp³-hybridized carbons (Fsp3) is 0.500. The molecule has 1 rings (SSSR count). The fourth-order valence-electron chi connectivity index (χ4n) is 2.55. The average molecular weight is 469 g/mol. The molecule has 0 aliphatic carbocycles. The van der Waals surface area contributed by atoms with Gasteiger partial charge in [0.1, 0.15) is 5.75 Å². The number of allylic oxidation sites excluding steroid dienone is 1. The van der Waals surface area contributed by atoms with Gasteiger partial charge in [-0.3, -0.25) is 0 Å². The Labute approximate surface area is 195 Å². The van der Waals surface area contributed by atoms with E-state index < -0.39 is 11.9 Å². The number of benzene rings is 1. The van der Waals surface area contributed by atoms with Crippen molar-refractivity contribution in [2.45, 2.75) is 58.3 Å². The molecule has 0 aromatic heterocycles. The maximum absolute atomic E-state index is 11.6. The molecular weight excluding hydrogens is 439 g/mol. The van der Waals surface area contributed by atoms with Gasteiger partial charge in [-0.05, 0) is 30.7 Å². The molecule has 5 nitrogen and oxygen atoms in total. The quantitative estimate of drug-likeness (QED) is 0.141. The summed E-state index contributed by atoms with van der Waals surface area (Å²) in [7, 11) is 0. The zero-order valence-corrected chi connectivity index (χ0v) is 19.5. The zero-order chi connectivity index (χ0) is 22.7. The van der Waals surface area contributed by atoms with E-state index in [1.165, 1.54) is 56.7 Å². The molecule has 0 unspecified atom stereocenters. The summed E-state index contributed by atoms with van der Waals surface area (Å²) in [5, 5.41) is 0.778. The summed E-state index contributed by atoms with van der Waals surface area (Å²) >= 11 is 11.7. The highest BCUT2D eigenvalue weighted by Crippen LogP contribution is 2.27. The Morgan fingerprint density at radius 3 is 2.42 bits per heavy atom. The van der Waals surface area contributed by atoms with E-state index >= 15 is 0 Å². The number of carbonyl (C=O) groups is 2. The first-order valence-corrected chi connectivity index (χ1v) is 11.3. The summed E-state index contributed by atoms with van der Waals surface area (Å²) in [5.74, 6) is 4.54. The number of rotatable bonds is 14. The van der Waals surface area contributed by atoms with Gasteiger partial charge in [-0.2, -0.15) is 0 Å². The summed E-state index contributed by atoms with van der Waals surface area (Å²) in [6, 6.07) is 4.69. The molecule has 0 amide bonds. The summed E-state index contributed by atoms with van der Waals surface area (Å²) in [5.41, 5.74) is 0. The van der Waals surface area contributed by atoms with E-state index in [-0.39, 0.29) is 13.2 Å². The van der Waals surface area contributed by atoms with Crippen LogP contribution in [0.4, 0.5) is 0 Å². The van der Waals surface area contributed by atoms with Crippen LogP contribution in [0.3, 0.4) is 0 Å². The Morgan fingerprint density at radius 2 is 1.71 bits per heavy atom. The van der Waals surface area contributed by atoms with Crippen molar-refractivity contribution in [2.75, 3.05) is 19.8 Å². The number of carbonyl (C=O) groups excluding carboxylic acids is 2. The molecule has 0 N–H and O–H groups in total. The molecule has 170 valence electrons.